The van der Waals surface area contributed by atoms with E-state index in [9.17, 15) is 18.0 Å². The van der Waals surface area contributed by atoms with E-state index in [4.69, 9.17) is 11.6 Å². The Balaban J connectivity index is 2.05. The molecule has 0 saturated carbocycles. The van der Waals surface area contributed by atoms with Gasteiger partial charge in [-0.1, -0.05) is 22.9 Å². The summed E-state index contributed by atoms with van der Waals surface area (Å²) >= 11 is 7.01. The van der Waals surface area contributed by atoms with E-state index in [1.54, 1.807) is 0 Å². The number of aromatic nitrogens is 1. The van der Waals surface area contributed by atoms with Gasteiger partial charge in [0.15, 0.2) is 10.9 Å². The average Bonchev–Trinajstić information content (AvgIpc) is 2.98. The summed E-state index contributed by atoms with van der Waals surface area (Å²) in [6.45, 7) is 0.737. The van der Waals surface area contributed by atoms with Crippen molar-refractivity contribution in [1.82, 2.24) is 9.88 Å². The number of nitrogens with zero attached hydrogens (tertiary/aromatic N) is 3. The predicted octanol–water partition coefficient (Wildman–Crippen LogP) is 4.58. The summed E-state index contributed by atoms with van der Waals surface area (Å²) in [4.78, 5) is 20.4. The molecule has 0 saturated heterocycles. The van der Waals surface area contributed by atoms with E-state index in [1.165, 1.54) is 17.0 Å². The number of carbonyl (C=O) groups excluding carboxylic acids is 1. The molecule has 0 aliphatic rings. The van der Waals surface area contributed by atoms with Crippen molar-refractivity contribution in [3.8, 4) is 0 Å². The van der Waals surface area contributed by atoms with Crippen LogP contribution in [0, 0.1) is 17.5 Å². The Bertz CT molecular complexity index is 1010. The Kier molecular flexibility index (Phi) is 5.69. The molecule has 0 N–H and O–H groups in total. The lowest BCUT2D eigenvalue weighted by molar-refractivity contribution is 0.0985. The van der Waals surface area contributed by atoms with E-state index in [1.807, 2.05) is 19.0 Å². The second-order valence-corrected chi connectivity index (χ2v) is 7.53. The van der Waals surface area contributed by atoms with E-state index in [2.05, 4.69) is 4.98 Å². The molecule has 9 heteroatoms. The van der Waals surface area contributed by atoms with E-state index in [0.717, 1.165) is 29.5 Å². The molecule has 1 heterocycles. The number of hydrogen-bond acceptors (Lipinski definition) is 4. The molecule has 142 valence electrons. The van der Waals surface area contributed by atoms with Gasteiger partial charge in [-0.05, 0) is 38.4 Å². The molecule has 0 unspecified atom stereocenters. The van der Waals surface area contributed by atoms with Crippen LogP contribution in [0.2, 0.25) is 5.02 Å². The first-order valence-corrected chi connectivity index (χ1v) is 9.13. The molecule has 2 aromatic carbocycles. The lowest BCUT2D eigenvalue weighted by Gasteiger charge is -2.22. The van der Waals surface area contributed by atoms with Crippen LogP contribution in [-0.4, -0.2) is 43.0 Å². The van der Waals surface area contributed by atoms with Crippen LogP contribution in [0.5, 0.6) is 0 Å². The summed E-state index contributed by atoms with van der Waals surface area (Å²) in [5.74, 6) is -2.58. The number of benzene rings is 2. The van der Waals surface area contributed by atoms with Gasteiger partial charge in [0, 0.05) is 19.2 Å². The standard InChI is InChI=1S/C18H15ClF3N3OS/c1-24(2)5-6-25(17(26)12-4-3-10(20)7-13(12)19)18-23-16-14(22)8-11(21)9-15(16)27-18/h3-4,7-9H,5-6H2,1-2H3. The molecular weight excluding hydrogens is 399 g/mol. The molecule has 0 aliphatic heterocycles. The zero-order chi connectivity index (χ0) is 19.7. The van der Waals surface area contributed by atoms with Crippen molar-refractivity contribution in [2.24, 2.45) is 0 Å². The van der Waals surface area contributed by atoms with Gasteiger partial charge in [-0.15, -0.1) is 0 Å². The molecule has 0 aliphatic carbocycles. The maximum Gasteiger partial charge on any atom is 0.261 e. The molecule has 3 rings (SSSR count). The molecule has 1 amide bonds. The fourth-order valence-electron chi connectivity index (χ4n) is 2.45. The number of hydrogen-bond donors (Lipinski definition) is 0. The number of halogens is 4. The Morgan fingerprint density at radius 1 is 1.11 bits per heavy atom. The summed E-state index contributed by atoms with van der Waals surface area (Å²) in [5, 5.41) is 0.176. The van der Waals surface area contributed by atoms with Gasteiger partial charge in [0.2, 0.25) is 0 Å². The number of fused-ring (bicyclic) bond motifs is 1. The van der Waals surface area contributed by atoms with E-state index < -0.39 is 23.4 Å². The minimum absolute atomic E-state index is 0.00995. The SMILES string of the molecule is CN(C)CCN(C(=O)c1ccc(F)cc1Cl)c1nc2c(F)cc(F)cc2s1. The smallest absolute Gasteiger partial charge is 0.261 e. The molecule has 0 atom stereocenters. The third-order valence-corrected chi connectivity index (χ3v) is 5.15. The number of thiazole rings is 1. The first kappa shape index (κ1) is 19.6. The van der Waals surface area contributed by atoms with E-state index in [0.29, 0.717) is 6.54 Å². The lowest BCUT2D eigenvalue weighted by Crippen LogP contribution is -2.36. The molecule has 1 aromatic heterocycles. The second kappa shape index (κ2) is 7.84. The van der Waals surface area contributed by atoms with Gasteiger partial charge in [0.25, 0.3) is 5.91 Å². The van der Waals surface area contributed by atoms with Gasteiger partial charge in [-0.25, -0.2) is 18.2 Å². The van der Waals surface area contributed by atoms with Crippen LogP contribution in [0.3, 0.4) is 0 Å². The Morgan fingerprint density at radius 2 is 1.85 bits per heavy atom. The number of rotatable bonds is 5. The third-order valence-electron chi connectivity index (χ3n) is 3.81. The Morgan fingerprint density at radius 3 is 2.52 bits per heavy atom. The molecule has 3 aromatic rings. The van der Waals surface area contributed by atoms with Crippen molar-refractivity contribution in [3.05, 3.63) is 58.4 Å². The Labute approximate surface area is 162 Å². The molecule has 0 spiro atoms. The summed E-state index contributed by atoms with van der Waals surface area (Å²) < 4.78 is 41.1. The van der Waals surface area contributed by atoms with Gasteiger partial charge in [0.1, 0.15) is 17.2 Å². The number of amides is 1. The second-order valence-electron chi connectivity index (χ2n) is 6.12. The molecule has 0 bridgehead atoms. The summed E-state index contributed by atoms with van der Waals surface area (Å²) in [6, 6.07) is 5.38. The number of anilines is 1. The lowest BCUT2D eigenvalue weighted by atomic mass is 10.2. The third kappa shape index (κ3) is 4.23. The highest BCUT2D eigenvalue weighted by Crippen LogP contribution is 2.32. The van der Waals surface area contributed by atoms with Crippen molar-refractivity contribution in [1.29, 1.82) is 0 Å². The van der Waals surface area contributed by atoms with Crippen LogP contribution in [0.4, 0.5) is 18.3 Å². The summed E-state index contributed by atoms with van der Waals surface area (Å²) in [6.07, 6.45) is 0. The molecule has 27 heavy (non-hydrogen) atoms. The molecule has 0 radical (unpaired) electrons. The van der Waals surface area contributed by atoms with Crippen LogP contribution >= 0.6 is 22.9 Å². The highest BCUT2D eigenvalue weighted by atomic mass is 35.5. The highest BCUT2D eigenvalue weighted by Gasteiger charge is 2.24. The fourth-order valence-corrected chi connectivity index (χ4v) is 3.73. The van der Waals surface area contributed by atoms with Crippen molar-refractivity contribution in [2.75, 3.05) is 32.1 Å². The predicted molar refractivity (Wildman–Crippen MR) is 101 cm³/mol. The maximum atomic E-state index is 14.0. The van der Waals surface area contributed by atoms with Gasteiger partial charge in [0.05, 0.1) is 15.3 Å². The normalized spacial score (nSPS) is 11.4. The monoisotopic (exact) mass is 413 g/mol. The van der Waals surface area contributed by atoms with Gasteiger partial charge >= 0.3 is 0 Å². The zero-order valence-electron chi connectivity index (χ0n) is 14.5. The van der Waals surface area contributed by atoms with Crippen LogP contribution < -0.4 is 4.90 Å². The van der Waals surface area contributed by atoms with Crippen LogP contribution in [-0.2, 0) is 0 Å². The van der Waals surface area contributed by atoms with Crippen molar-refractivity contribution < 1.29 is 18.0 Å². The van der Waals surface area contributed by atoms with Gasteiger partial charge in [-0.2, -0.15) is 0 Å². The fraction of sp³-hybridized carbons (Fsp3) is 0.222. The van der Waals surface area contributed by atoms with E-state index >= 15 is 0 Å². The minimum atomic E-state index is -0.799. The van der Waals surface area contributed by atoms with Crippen LogP contribution in [0.25, 0.3) is 10.2 Å². The summed E-state index contributed by atoms with van der Waals surface area (Å²) in [5.41, 5.74) is 0.0898. The van der Waals surface area contributed by atoms with Crippen molar-refractivity contribution in [3.63, 3.8) is 0 Å². The molecule has 4 nitrogen and oxygen atoms in total. The quantitative estimate of drug-likeness (QED) is 0.614. The van der Waals surface area contributed by atoms with Gasteiger partial charge < -0.3 is 4.90 Å². The van der Waals surface area contributed by atoms with Crippen LogP contribution in [0.15, 0.2) is 30.3 Å². The minimum Gasteiger partial charge on any atom is -0.308 e. The van der Waals surface area contributed by atoms with E-state index in [-0.39, 0.29) is 32.5 Å². The van der Waals surface area contributed by atoms with Gasteiger partial charge in [-0.3, -0.25) is 9.69 Å². The van der Waals surface area contributed by atoms with Crippen LogP contribution in [0.1, 0.15) is 10.4 Å². The van der Waals surface area contributed by atoms with Crippen molar-refractivity contribution in [2.45, 2.75) is 0 Å². The molecule has 0 fully saturated rings. The molecular formula is C18H15ClF3N3OS. The highest BCUT2D eigenvalue weighted by molar-refractivity contribution is 7.22. The zero-order valence-corrected chi connectivity index (χ0v) is 16.0. The maximum absolute atomic E-state index is 14.0. The number of carbonyl (C=O) groups is 1. The number of likely N-dealkylation sites (N-methyl/N-ethyl adjacent to an activating group) is 1. The first-order chi connectivity index (χ1) is 12.8. The first-order valence-electron chi connectivity index (χ1n) is 7.93. The largest absolute Gasteiger partial charge is 0.308 e. The topological polar surface area (TPSA) is 36.4 Å². The Hall–Kier alpha value is -2.16. The van der Waals surface area contributed by atoms with Crippen molar-refractivity contribution >= 4 is 44.2 Å². The summed E-state index contributed by atoms with van der Waals surface area (Å²) in [7, 11) is 3.67. The average molecular weight is 414 g/mol.